The predicted octanol–water partition coefficient (Wildman–Crippen LogP) is 1.27. The normalized spacial score (nSPS) is 15.0. The van der Waals surface area contributed by atoms with Crippen molar-refractivity contribution in [2.24, 2.45) is 5.92 Å². The molecule has 1 heterocycles. The van der Waals surface area contributed by atoms with Crippen molar-refractivity contribution in [2.45, 2.75) is 19.8 Å². The van der Waals surface area contributed by atoms with Crippen molar-refractivity contribution in [1.29, 1.82) is 0 Å². The molecule has 0 aromatic carbocycles. The highest BCUT2D eigenvalue weighted by Gasteiger charge is 2.22. The fraction of sp³-hybridized carbons (Fsp3) is 0.500. The van der Waals surface area contributed by atoms with Crippen LogP contribution >= 0.6 is 0 Å². The van der Waals surface area contributed by atoms with E-state index in [-0.39, 0.29) is 11.6 Å². The first-order valence-electron chi connectivity index (χ1n) is 4.86. The van der Waals surface area contributed by atoms with Crippen molar-refractivity contribution in [3.8, 4) is 6.01 Å². The Morgan fingerprint density at radius 2 is 2.40 bits per heavy atom. The number of aromatic nitrogens is 2. The minimum Gasteiger partial charge on any atom is -0.478 e. The molecule has 0 aliphatic heterocycles. The maximum absolute atomic E-state index is 10.7. The fourth-order valence-electron chi connectivity index (χ4n) is 1.20. The molecule has 1 saturated carbocycles. The Bertz CT molecular complexity index is 388. The van der Waals surface area contributed by atoms with E-state index in [0.717, 1.165) is 0 Å². The Labute approximate surface area is 87.1 Å². The molecule has 0 bridgehead atoms. The number of aryl methyl sites for hydroxylation is 1. The van der Waals surface area contributed by atoms with E-state index in [0.29, 0.717) is 18.2 Å². The third-order valence-corrected chi connectivity index (χ3v) is 2.33. The van der Waals surface area contributed by atoms with Gasteiger partial charge in [0.25, 0.3) is 0 Å². The highest BCUT2D eigenvalue weighted by atomic mass is 16.5. The molecular formula is C10H12N2O3. The number of carboxylic acid groups (broad SMARTS) is 1. The molecule has 1 N–H and O–H groups in total. The van der Waals surface area contributed by atoms with Gasteiger partial charge in [-0.1, -0.05) is 0 Å². The van der Waals surface area contributed by atoms with Crippen LogP contribution in [0.4, 0.5) is 0 Å². The molecule has 0 saturated heterocycles. The second kappa shape index (κ2) is 3.84. The average Bonchev–Trinajstić information content (AvgIpc) is 2.97. The average molecular weight is 208 g/mol. The molecule has 1 aliphatic carbocycles. The summed E-state index contributed by atoms with van der Waals surface area (Å²) in [6.07, 6.45) is 3.69. The van der Waals surface area contributed by atoms with Crippen LogP contribution in [0.2, 0.25) is 0 Å². The number of hydrogen-bond acceptors (Lipinski definition) is 4. The number of hydrogen-bond donors (Lipinski definition) is 1. The SMILES string of the molecule is Cc1nc(OCC2CC2)ncc1C(=O)O. The van der Waals surface area contributed by atoms with Crippen LogP contribution in [-0.2, 0) is 0 Å². The van der Waals surface area contributed by atoms with Gasteiger partial charge in [-0.15, -0.1) is 0 Å². The Balaban J connectivity index is 2.06. The second-order valence-electron chi connectivity index (χ2n) is 3.71. The largest absolute Gasteiger partial charge is 0.478 e. The monoisotopic (exact) mass is 208 g/mol. The third kappa shape index (κ3) is 2.43. The van der Waals surface area contributed by atoms with Gasteiger partial charge in [0.15, 0.2) is 0 Å². The van der Waals surface area contributed by atoms with Crippen LogP contribution in [0.15, 0.2) is 6.20 Å². The van der Waals surface area contributed by atoms with E-state index in [9.17, 15) is 4.79 Å². The van der Waals surface area contributed by atoms with E-state index in [2.05, 4.69) is 9.97 Å². The molecule has 1 aromatic heterocycles. The van der Waals surface area contributed by atoms with Gasteiger partial charge in [0.05, 0.1) is 17.9 Å². The van der Waals surface area contributed by atoms with Crippen LogP contribution in [0.1, 0.15) is 28.9 Å². The smallest absolute Gasteiger partial charge is 0.339 e. The Morgan fingerprint density at radius 1 is 1.67 bits per heavy atom. The molecule has 5 heteroatoms. The van der Waals surface area contributed by atoms with E-state index in [1.54, 1.807) is 6.92 Å². The first-order valence-corrected chi connectivity index (χ1v) is 4.86. The van der Waals surface area contributed by atoms with Crippen LogP contribution < -0.4 is 4.74 Å². The summed E-state index contributed by atoms with van der Waals surface area (Å²) in [5.41, 5.74) is 0.553. The zero-order chi connectivity index (χ0) is 10.8. The fourth-order valence-corrected chi connectivity index (χ4v) is 1.20. The van der Waals surface area contributed by atoms with Crippen molar-refractivity contribution < 1.29 is 14.6 Å². The molecule has 0 radical (unpaired) electrons. The molecule has 2 rings (SSSR count). The van der Waals surface area contributed by atoms with Crippen molar-refractivity contribution in [3.63, 3.8) is 0 Å². The molecule has 0 spiro atoms. The molecule has 0 atom stereocenters. The number of rotatable bonds is 4. The minimum absolute atomic E-state index is 0.119. The first-order chi connectivity index (χ1) is 7.16. The Kier molecular flexibility index (Phi) is 2.53. The Hall–Kier alpha value is -1.65. The molecule has 0 unspecified atom stereocenters. The molecule has 15 heavy (non-hydrogen) atoms. The molecule has 1 aliphatic rings. The lowest BCUT2D eigenvalue weighted by Crippen LogP contribution is -2.07. The van der Waals surface area contributed by atoms with Crippen LogP contribution in [0.5, 0.6) is 6.01 Å². The zero-order valence-electron chi connectivity index (χ0n) is 8.43. The van der Waals surface area contributed by atoms with Crippen LogP contribution in [-0.4, -0.2) is 27.7 Å². The minimum atomic E-state index is -1.01. The number of ether oxygens (including phenoxy) is 1. The van der Waals surface area contributed by atoms with Gasteiger partial charge in [-0.3, -0.25) is 0 Å². The third-order valence-electron chi connectivity index (χ3n) is 2.33. The molecule has 1 fully saturated rings. The molecular weight excluding hydrogens is 196 g/mol. The summed E-state index contributed by atoms with van der Waals surface area (Å²) in [4.78, 5) is 18.5. The Morgan fingerprint density at radius 3 is 2.93 bits per heavy atom. The number of aromatic carboxylic acids is 1. The first kappa shape index (κ1) is 9.89. The summed E-state index contributed by atoms with van der Waals surface area (Å²) in [7, 11) is 0. The van der Waals surface area contributed by atoms with Gasteiger partial charge < -0.3 is 9.84 Å². The quantitative estimate of drug-likeness (QED) is 0.806. The number of carbonyl (C=O) groups is 1. The summed E-state index contributed by atoms with van der Waals surface area (Å²) in [6.45, 7) is 2.26. The lowest BCUT2D eigenvalue weighted by Gasteiger charge is -2.04. The highest BCUT2D eigenvalue weighted by Crippen LogP contribution is 2.28. The van der Waals surface area contributed by atoms with E-state index < -0.39 is 5.97 Å². The molecule has 1 aromatic rings. The summed E-state index contributed by atoms with van der Waals surface area (Å²) >= 11 is 0. The van der Waals surface area contributed by atoms with Gasteiger partial charge in [-0.25, -0.2) is 9.78 Å². The summed E-state index contributed by atoms with van der Waals surface area (Å²) < 4.78 is 5.33. The van der Waals surface area contributed by atoms with E-state index >= 15 is 0 Å². The van der Waals surface area contributed by atoms with Gasteiger partial charge in [-0.2, -0.15) is 4.98 Å². The van der Waals surface area contributed by atoms with Crippen molar-refractivity contribution >= 4 is 5.97 Å². The highest BCUT2D eigenvalue weighted by molar-refractivity contribution is 5.88. The molecule has 5 nitrogen and oxygen atoms in total. The van der Waals surface area contributed by atoms with Gasteiger partial charge in [0, 0.05) is 6.20 Å². The van der Waals surface area contributed by atoms with Gasteiger partial charge in [0.1, 0.15) is 0 Å². The van der Waals surface area contributed by atoms with E-state index in [1.165, 1.54) is 19.0 Å². The van der Waals surface area contributed by atoms with Crippen LogP contribution in [0, 0.1) is 12.8 Å². The summed E-state index contributed by atoms with van der Waals surface area (Å²) in [6, 6.07) is 0.268. The van der Waals surface area contributed by atoms with E-state index in [4.69, 9.17) is 9.84 Å². The summed E-state index contributed by atoms with van der Waals surface area (Å²) in [5.74, 6) is -0.380. The van der Waals surface area contributed by atoms with Gasteiger partial charge >= 0.3 is 12.0 Å². The maximum Gasteiger partial charge on any atom is 0.339 e. The van der Waals surface area contributed by atoms with Crippen molar-refractivity contribution in [1.82, 2.24) is 9.97 Å². The van der Waals surface area contributed by atoms with Crippen LogP contribution in [0.3, 0.4) is 0 Å². The topological polar surface area (TPSA) is 72.3 Å². The number of nitrogens with zero attached hydrogens (tertiary/aromatic N) is 2. The van der Waals surface area contributed by atoms with Crippen LogP contribution in [0.25, 0.3) is 0 Å². The maximum atomic E-state index is 10.7. The lowest BCUT2D eigenvalue weighted by atomic mass is 10.2. The summed E-state index contributed by atoms with van der Waals surface area (Å²) in [5, 5.41) is 8.76. The molecule has 80 valence electrons. The van der Waals surface area contributed by atoms with Crippen molar-refractivity contribution in [2.75, 3.05) is 6.61 Å². The van der Waals surface area contributed by atoms with E-state index in [1.807, 2.05) is 0 Å². The standard InChI is InChI=1S/C10H12N2O3/c1-6-8(9(13)14)4-11-10(12-6)15-5-7-2-3-7/h4,7H,2-3,5H2,1H3,(H,13,14). The molecule has 0 amide bonds. The number of carboxylic acids is 1. The van der Waals surface area contributed by atoms with Gasteiger partial charge in [0.2, 0.25) is 0 Å². The predicted molar refractivity (Wildman–Crippen MR) is 51.9 cm³/mol. The van der Waals surface area contributed by atoms with Gasteiger partial charge in [-0.05, 0) is 25.7 Å². The second-order valence-corrected chi connectivity index (χ2v) is 3.71. The van der Waals surface area contributed by atoms with Crippen molar-refractivity contribution in [3.05, 3.63) is 17.5 Å². The zero-order valence-corrected chi connectivity index (χ0v) is 8.43. The lowest BCUT2D eigenvalue weighted by molar-refractivity contribution is 0.0695.